The van der Waals surface area contributed by atoms with Gasteiger partial charge in [0.2, 0.25) is 0 Å². The molecule has 1 N–H and O–H groups in total. The lowest BCUT2D eigenvalue weighted by Gasteiger charge is -2.09. The molecule has 30 heavy (non-hydrogen) atoms. The molecule has 0 unspecified atom stereocenters. The van der Waals surface area contributed by atoms with Gasteiger partial charge in [-0.15, -0.1) is 0 Å². The van der Waals surface area contributed by atoms with Crippen LogP contribution in [0.2, 0.25) is 0 Å². The van der Waals surface area contributed by atoms with Crippen LogP contribution in [0.25, 0.3) is 0 Å². The monoisotopic (exact) mass is 410 g/mol. The van der Waals surface area contributed by atoms with Crippen molar-refractivity contribution in [1.29, 1.82) is 0 Å². The van der Waals surface area contributed by atoms with E-state index in [-0.39, 0.29) is 23.8 Å². The molecule has 0 aliphatic carbocycles. The molecule has 0 aliphatic heterocycles. The summed E-state index contributed by atoms with van der Waals surface area (Å²) in [5.41, 5.74) is 2.06. The largest absolute Gasteiger partial charge is 0.494 e. The van der Waals surface area contributed by atoms with E-state index in [0.29, 0.717) is 12.4 Å². The first kappa shape index (κ1) is 20.8. The van der Waals surface area contributed by atoms with Gasteiger partial charge in [0.25, 0.3) is 11.6 Å². The average molecular weight is 410 g/mol. The number of benzene rings is 2. The van der Waals surface area contributed by atoms with Crippen molar-refractivity contribution >= 4 is 17.3 Å². The second-order valence-electron chi connectivity index (χ2n) is 6.61. The zero-order valence-corrected chi connectivity index (χ0v) is 16.9. The average Bonchev–Trinajstić information content (AvgIpc) is 3.18. The van der Waals surface area contributed by atoms with Crippen LogP contribution in [0.4, 0.5) is 11.4 Å². The molecule has 0 spiro atoms. The molecule has 0 aliphatic rings. The van der Waals surface area contributed by atoms with Gasteiger partial charge >= 0.3 is 0 Å². The third-order valence-electron chi connectivity index (χ3n) is 4.28. The highest BCUT2D eigenvalue weighted by Gasteiger charge is 2.19. The Morgan fingerprint density at radius 2 is 1.97 bits per heavy atom. The second kappa shape index (κ2) is 9.08. The van der Waals surface area contributed by atoms with Gasteiger partial charge in [0.05, 0.1) is 17.6 Å². The minimum Gasteiger partial charge on any atom is -0.494 e. The normalized spacial score (nSPS) is 10.5. The first-order valence-corrected chi connectivity index (χ1v) is 9.33. The number of anilines is 1. The van der Waals surface area contributed by atoms with Crippen LogP contribution in [-0.4, -0.2) is 27.2 Å². The standard InChI is InChI=1S/C21H22N4O5/c1-4-29-16-6-7-17(19(12-16)25(27)28)22-21(26)18-9-10-24(23-18)13-30-20-8-5-14(2)11-15(20)3/h5-12H,4,13H2,1-3H3,(H,22,26). The summed E-state index contributed by atoms with van der Waals surface area (Å²) < 4.78 is 12.5. The number of nitro groups is 1. The Hall–Kier alpha value is -3.88. The van der Waals surface area contributed by atoms with Gasteiger partial charge in [-0.3, -0.25) is 14.9 Å². The number of hydrogen-bond donors (Lipinski definition) is 1. The Morgan fingerprint density at radius 1 is 1.17 bits per heavy atom. The van der Waals surface area contributed by atoms with E-state index >= 15 is 0 Å². The summed E-state index contributed by atoms with van der Waals surface area (Å²) in [5, 5.41) is 18.0. The molecule has 1 aromatic heterocycles. The number of carbonyl (C=O) groups excluding carboxylic acids is 1. The van der Waals surface area contributed by atoms with E-state index in [1.807, 2.05) is 32.0 Å². The highest BCUT2D eigenvalue weighted by molar-refractivity contribution is 6.04. The maximum Gasteiger partial charge on any atom is 0.296 e. The first-order chi connectivity index (χ1) is 14.4. The van der Waals surface area contributed by atoms with Crippen LogP contribution in [0.1, 0.15) is 28.5 Å². The Morgan fingerprint density at radius 3 is 2.67 bits per heavy atom. The zero-order chi connectivity index (χ0) is 21.7. The van der Waals surface area contributed by atoms with Crippen molar-refractivity contribution in [3.05, 3.63) is 75.6 Å². The number of aryl methyl sites for hydroxylation is 2. The number of carbonyl (C=O) groups is 1. The summed E-state index contributed by atoms with van der Waals surface area (Å²) >= 11 is 0. The molecule has 0 fully saturated rings. The molecule has 3 aromatic rings. The molecular formula is C21H22N4O5. The highest BCUT2D eigenvalue weighted by Crippen LogP contribution is 2.29. The summed E-state index contributed by atoms with van der Waals surface area (Å²) in [6.07, 6.45) is 1.60. The van der Waals surface area contributed by atoms with Crippen molar-refractivity contribution in [2.75, 3.05) is 11.9 Å². The van der Waals surface area contributed by atoms with Crippen LogP contribution < -0.4 is 14.8 Å². The number of amides is 1. The molecule has 0 radical (unpaired) electrons. The third kappa shape index (κ3) is 4.93. The number of nitro benzene ring substituents is 1. The Bertz CT molecular complexity index is 1080. The van der Waals surface area contributed by atoms with Crippen LogP contribution in [0.3, 0.4) is 0 Å². The van der Waals surface area contributed by atoms with Gasteiger partial charge in [0.1, 0.15) is 17.2 Å². The molecular weight excluding hydrogens is 388 g/mol. The van der Waals surface area contributed by atoms with E-state index in [9.17, 15) is 14.9 Å². The number of aromatic nitrogens is 2. The van der Waals surface area contributed by atoms with Crippen molar-refractivity contribution in [2.24, 2.45) is 0 Å². The maximum atomic E-state index is 12.5. The van der Waals surface area contributed by atoms with Crippen LogP contribution in [0, 0.1) is 24.0 Å². The number of rotatable bonds is 8. The Kier molecular flexibility index (Phi) is 6.31. The minimum absolute atomic E-state index is 0.0644. The number of hydrogen-bond acceptors (Lipinski definition) is 6. The van der Waals surface area contributed by atoms with Crippen molar-refractivity contribution in [1.82, 2.24) is 9.78 Å². The summed E-state index contributed by atoms with van der Waals surface area (Å²) in [7, 11) is 0. The van der Waals surface area contributed by atoms with Gasteiger partial charge < -0.3 is 14.8 Å². The minimum atomic E-state index is -0.575. The summed E-state index contributed by atoms with van der Waals surface area (Å²) in [6.45, 7) is 6.24. The molecule has 0 bridgehead atoms. The van der Waals surface area contributed by atoms with Crippen molar-refractivity contribution in [3.8, 4) is 11.5 Å². The number of nitrogens with zero attached hydrogens (tertiary/aromatic N) is 3. The van der Waals surface area contributed by atoms with Crippen LogP contribution >= 0.6 is 0 Å². The molecule has 0 saturated heterocycles. The lowest BCUT2D eigenvalue weighted by molar-refractivity contribution is -0.384. The summed E-state index contributed by atoms with van der Waals surface area (Å²) in [6, 6.07) is 11.6. The molecule has 2 aromatic carbocycles. The zero-order valence-electron chi connectivity index (χ0n) is 16.9. The van der Waals surface area contributed by atoms with Crippen molar-refractivity contribution in [3.63, 3.8) is 0 Å². The molecule has 156 valence electrons. The SMILES string of the molecule is CCOc1ccc(NC(=O)c2ccn(COc3ccc(C)cc3C)n2)c([N+](=O)[O-])c1. The Labute approximate surface area is 173 Å². The number of nitrogens with one attached hydrogen (secondary N) is 1. The van der Waals surface area contributed by atoms with Crippen molar-refractivity contribution < 1.29 is 19.2 Å². The van der Waals surface area contributed by atoms with Gasteiger partial charge in [-0.05, 0) is 50.6 Å². The fourth-order valence-electron chi connectivity index (χ4n) is 2.86. The van der Waals surface area contributed by atoms with Gasteiger partial charge in [-0.25, -0.2) is 4.68 Å². The van der Waals surface area contributed by atoms with Gasteiger partial charge in [0, 0.05) is 6.20 Å². The van der Waals surface area contributed by atoms with Gasteiger partial charge in [-0.1, -0.05) is 17.7 Å². The lowest BCUT2D eigenvalue weighted by Crippen LogP contribution is -2.15. The maximum absolute atomic E-state index is 12.5. The van der Waals surface area contributed by atoms with E-state index in [2.05, 4.69) is 10.4 Å². The third-order valence-corrected chi connectivity index (χ3v) is 4.28. The molecule has 0 saturated carbocycles. The van der Waals surface area contributed by atoms with E-state index in [0.717, 1.165) is 16.9 Å². The lowest BCUT2D eigenvalue weighted by atomic mass is 10.1. The van der Waals surface area contributed by atoms with E-state index in [1.165, 1.54) is 22.9 Å². The van der Waals surface area contributed by atoms with E-state index < -0.39 is 10.8 Å². The van der Waals surface area contributed by atoms with E-state index in [1.54, 1.807) is 19.2 Å². The highest BCUT2D eigenvalue weighted by atomic mass is 16.6. The molecule has 9 nitrogen and oxygen atoms in total. The van der Waals surface area contributed by atoms with Crippen LogP contribution in [-0.2, 0) is 6.73 Å². The quantitative estimate of drug-likeness (QED) is 0.442. The second-order valence-corrected chi connectivity index (χ2v) is 6.61. The fourth-order valence-corrected chi connectivity index (χ4v) is 2.86. The van der Waals surface area contributed by atoms with Crippen molar-refractivity contribution in [2.45, 2.75) is 27.5 Å². The Balaban J connectivity index is 1.68. The first-order valence-electron chi connectivity index (χ1n) is 9.33. The summed E-state index contributed by atoms with van der Waals surface area (Å²) in [4.78, 5) is 23.3. The molecule has 3 rings (SSSR count). The molecule has 9 heteroatoms. The predicted octanol–water partition coefficient (Wildman–Crippen LogP) is 4.10. The topological polar surface area (TPSA) is 109 Å². The molecule has 1 heterocycles. The van der Waals surface area contributed by atoms with Gasteiger partial charge in [-0.2, -0.15) is 5.10 Å². The van der Waals surface area contributed by atoms with Crippen LogP contribution in [0.15, 0.2) is 48.7 Å². The van der Waals surface area contributed by atoms with Crippen LogP contribution in [0.5, 0.6) is 11.5 Å². The summed E-state index contributed by atoms with van der Waals surface area (Å²) in [5.74, 6) is 0.523. The predicted molar refractivity (Wildman–Crippen MR) is 111 cm³/mol. The molecule has 1 amide bonds. The molecule has 0 atom stereocenters. The van der Waals surface area contributed by atoms with E-state index in [4.69, 9.17) is 9.47 Å². The fraction of sp³-hybridized carbons (Fsp3) is 0.238. The smallest absolute Gasteiger partial charge is 0.296 e. The van der Waals surface area contributed by atoms with Gasteiger partial charge in [0.15, 0.2) is 12.4 Å². The number of ether oxygens (including phenoxy) is 2.